The van der Waals surface area contributed by atoms with Gasteiger partial charge in [0.25, 0.3) is 0 Å². The molecule has 0 radical (unpaired) electrons. The van der Waals surface area contributed by atoms with Gasteiger partial charge in [0, 0.05) is 0 Å². The van der Waals surface area contributed by atoms with Crippen LogP contribution in [0.25, 0.3) is 0 Å². The van der Waals surface area contributed by atoms with Crippen molar-refractivity contribution in [3.05, 3.63) is 28.5 Å². The minimum atomic E-state index is -1.11. The van der Waals surface area contributed by atoms with E-state index >= 15 is 0 Å². The number of benzene rings is 1. The molecule has 1 aromatic rings. The molecule has 0 saturated carbocycles. The zero-order valence-corrected chi connectivity index (χ0v) is 9.02. The van der Waals surface area contributed by atoms with E-state index in [0.29, 0.717) is 5.56 Å². The van der Waals surface area contributed by atoms with Crippen LogP contribution in [-0.2, 0) is 5.60 Å². The highest BCUT2D eigenvalue weighted by Crippen LogP contribution is 2.32. The van der Waals surface area contributed by atoms with Gasteiger partial charge in [-0.1, -0.05) is 11.6 Å². The van der Waals surface area contributed by atoms with Gasteiger partial charge in [-0.2, -0.15) is 0 Å². The van der Waals surface area contributed by atoms with E-state index < -0.39 is 11.4 Å². The highest BCUT2D eigenvalue weighted by atomic mass is 35.5. The molecule has 0 aliphatic carbocycles. The molecule has 0 unspecified atom stereocenters. The van der Waals surface area contributed by atoms with Crippen molar-refractivity contribution in [3.8, 4) is 5.75 Å². The maximum Gasteiger partial charge on any atom is 0.173 e. The van der Waals surface area contributed by atoms with Crippen molar-refractivity contribution in [2.75, 3.05) is 7.11 Å². The van der Waals surface area contributed by atoms with Crippen molar-refractivity contribution >= 4 is 11.6 Å². The van der Waals surface area contributed by atoms with Crippen molar-refractivity contribution in [1.82, 2.24) is 0 Å². The lowest BCUT2D eigenvalue weighted by Gasteiger charge is -2.19. The Morgan fingerprint density at radius 1 is 1.43 bits per heavy atom. The summed E-state index contributed by atoms with van der Waals surface area (Å²) < 4.78 is 18.1. The number of halogens is 2. The first-order valence-electron chi connectivity index (χ1n) is 4.12. The first-order chi connectivity index (χ1) is 6.36. The van der Waals surface area contributed by atoms with Crippen LogP contribution in [0.4, 0.5) is 4.39 Å². The number of ether oxygens (including phenoxy) is 1. The van der Waals surface area contributed by atoms with Crippen molar-refractivity contribution in [2.45, 2.75) is 19.4 Å². The van der Waals surface area contributed by atoms with Crippen LogP contribution in [-0.4, -0.2) is 12.2 Å². The van der Waals surface area contributed by atoms with Crippen LogP contribution in [0.1, 0.15) is 19.4 Å². The van der Waals surface area contributed by atoms with Gasteiger partial charge in [-0.3, -0.25) is 0 Å². The Kier molecular flexibility index (Phi) is 3.02. The molecule has 0 amide bonds. The molecule has 0 aliphatic heterocycles. The minimum absolute atomic E-state index is 0.000309. The third kappa shape index (κ3) is 2.16. The van der Waals surface area contributed by atoms with Crippen LogP contribution in [0.3, 0.4) is 0 Å². The molecule has 1 aromatic carbocycles. The van der Waals surface area contributed by atoms with Gasteiger partial charge in [-0.25, -0.2) is 4.39 Å². The molecule has 1 N–H and O–H groups in total. The molecule has 2 nitrogen and oxygen atoms in total. The number of rotatable bonds is 2. The molecule has 0 atom stereocenters. The van der Waals surface area contributed by atoms with Gasteiger partial charge in [0.1, 0.15) is 0 Å². The van der Waals surface area contributed by atoms with E-state index in [0.717, 1.165) is 0 Å². The van der Waals surface area contributed by atoms with Crippen LogP contribution in [0.2, 0.25) is 5.02 Å². The summed E-state index contributed by atoms with van der Waals surface area (Å²) in [5, 5.41) is 9.79. The summed E-state index contributed by atoms with van der Waals surface area (Å²) in [5.41, 5.74) is -0.697. The third-order valence-electron chi connectivity index (χ3n) is 1.91. The molecular weight excluding hydrogens is 207 g/mol. The molecule has 0 spiro atoms. The molecule has 0 aliphatic rings. The van der Waals surface area contributed by atoms with Crippen molar-refractivity contribution < 1.29 is 14.2 Å². The van der Waals surface area contributed by atoms with E-state index in [1.165, 1.54) is 19.2 Å². The Bertz CT molecular complexity index is 321. The summed E-state index contributed by atoms with van der Waals surface area (Å²) in [6.07, 6.45) is 0. The molecule has 0 saturated heterocycles. The Morgan fingerprint density at radius 3 is 2.36 bits per heavy atom. The maximum atomic E-state index is 13.3. The second-order valence-corrected chi connectivity index (χ2v) is 3.94. The average molecular weight is 219 g/mol. The molecule has 0 aromatic heterocycles. The van der Waals surface area contributed by atoms with Crippen molar-refractivity contribution in [2.24, 2.45) is 0 Å². The SMILES string of the molecule is COc1c(F)cc(C(C)(C)O)cc1Cl. The van der Waals surface area contributed by atoms with E-state index in [2.05, 4.69) is 0 Å². The fraction of sp³-hybridized carbons (Fsp3) is 0.400. The number of hydrogen-bond donors (Lipinski definition) is 1. The lowest BCUT2D eigenvalue weighted by molar-refractivity contribution is 0.0781. The fourth-order valence-electron chi connectivity index (χ4n) is 1.11. The van der Waals surface area contributed by atoms with Crippen LogP contribution in [0.15, 0.2) is 12.1 Å². The average Bonchev–Trinajstić information content (AvgIpc) is 2.01. The zero-order valence-electron chi connectivity index (χ0n) is 8.27. The fourth-order valence-corrected chi connectivity index (χ4v) is 1.39. The molecule has 0 fully saturated rings. The van der Waals surface area contributed by atoms with Gasteiger partial charge in [0.05, 0.1) is 17.7 Å². The van der Waals surface area contributed by atoms with Crippen LogP contribution < -0.4 is 4.74 Å². The monoisotopic (exact) mass is 218 g/mol. The molecular formula is C10H12ClFO2. The summed E-state index contributed by atoms with van der Waals surface area (Å²) in [4.78, 5) is 0. The Hall–Kier alpha value is -0.800. The van der Waals surface area contributed by atoms with Crippen molar-refractivity contribution in [1.29, 1.82) is 0 Å². The summed E-state index contributed by atoms with van der Waals surface area (Å²) >= 11 is 5.76. The third-order valence-corrected chi connectivity index (χ3v) is 2.19. The molecule has 0 heterocycles. The van der Waals surface area contributed by atoms with E-state index in [9.17, 15) is 9.50 Å². The maximum absolute atomic E-state index is 13.3. The summed E-state index contributed by atoms with van der Waals surface area (Å²) in [5.74, 6) is -0.572. The lowest BCUT2D eigenvalue weighted by Crippen LogP contribution is -2.15. The van der Waals surface area contributed by atoms with Crippen LogP contribution in [0.5, 0.6) is 5.75 Å². The first-order valence-corrected chi connectivity index (χ1v) is 4.50. The zero-order chi connectivity index (χ0) is 10.9. The van der Waals surface area contributed by atoms with Gasteiger partial charge in [-0.05, 0) is 31.5 Å². The predicted octanol–water partition coefficient (Wildman–Crippen LogP) is 2.72. The summed E-state index contributed by atoms with van der Waals surface area (Å²) in [6.45, 7) is 3.12. The molecule has 0 bridgehead atoms. The second-order valence-electron chi connectivity index (χ2n) is 3.53. The first kappa shape index (κ1) is 11.3. The Morgan fingerprint density at radius 2 is 2.00 bits per heavy atom. The highest BCUT2D eigenvalue weighted by molar-refractivity contribution is 6.32. The topological polar surface area (TPSA) is 29.5 Å². The van der Waals surface area contributed by atoms with E-state index in [1.54, 1.807) is 13.8 Å². The van der Waals surface area contributed by atoms with Crippen LogP contribution in [0, 0.1) is 5.82 Å². The lowest BCUT2D eigenvalue weighted by atomic mass is 9.98. The number of hydrogen-bond acceptors (Lipinski definition) is 2. The summed E-state index contributed by atoms with van der Waals surface area (Å²) in [7, 11) is 1.34. The Labute approximate surface area is 87.3 Å². The van der Waals surface area contributed by atoms with Gasteiger partial charge in [0.2, 0.25) is 0 Å². The molecule has 4 heteroatoms. The molecule has 14 heavy (non-hydrogen) atoms. The van der Waals surface area contributed by atoms with Gasteiger partial charge in [-0.15, -0.1) is 0 Å². The number of methoxy groups -OCH3 is 1. The smallest absolute Gasteiger partial charge is 0.173 e. The quantitative estimate of drug-likeness (QED) is 0.827. The minimum Gasteiger partial charge on any atom is -0.492 e. The number of aliphatic hydroxyl groups is 1. The predicted molar refractivity (Wildman–Crippen MR) is 53.2 cm³/mol. The summed E-state index contributed by atoms with van der Waals surface area (Å²) in [6, 6.07) is 2.70. The van der Waals surface area contributed by atoms with Gasteiger partial charge < -0.3 is 9.84 Å². The normalized spacial score (nSPS) is 11.6. The molecule has 78 valence electrons. The second kappa shape index (κ2) is 3.75. The van der Waals surface area contributed by atoms with E-state index in [4.69, 9.17) is 16.3 Å². The Balaban J connectivity index is 3.28. The highest BCUT2D eigenvalue weighted by Gasteiger charge is 2.20. The van der Waals surface area contributed by atoms with E-state index in [1.807, 2.05) is 0 Å². The largest absolute Gasteiger partial charge is 0.492 e. The molecule has 1 rings (SSSR count). The van der Waals surface area contributed by atoms with Crippen LogP contribution >= 0.6 is 11.6 Å². The van der Waals surface area contributed by atoms with E-state index in [-0.39, 0.29) is 10.8 Å². The van der Waals surface area contributed by atoms with Gasteiger partial charge >= 0.3 is 0 Å². The standard InChI is InChI=1S/C10H12ClFO2/c1-10(2,13)6-4-7(11)9(14-3)8(12)5-6/h4-5,13H,1-3H3. The van der Waals surface area contributed by atoms with Gasteiger partial charge in [0.15, 0.2) is 11.6 Å². The van der Waals surface area contributed by atoms with Crippen molar-refractivity contribution in [3.63, 3.8) is 0 Å².